The van der Waals surface area contributed by atoms with Crippen molar-refractivity contribution in [1.82, 2.24) is 4.31 Å². The van der Waals surface area contributed by atoms with Crippen LogP contribution in [0.5, 0.6) is 0 Å². The van der Waals surface area contributed by atoms with E-state index in [4.69, 9.17) is 0 Å². The molecule has 7 heteroatoms. The van der Waals surface area contributed by atoms with Crippen molar-refractivity contribution in [3.8, 4) is 0 Å². The van der Waals surface area contributed by atoms with E-state index < -0.39 is 26.6 Å². The first-order valence-corrected chi connectivity index (χ1v) is 9.58. The lowest BCUT2D eigenvalue weighted by molar-refractivity contribution is 0.458. The van der Waals surface area contributed by atoms with Gasteiger partial charge in [0.25, 0.3) is 0 Å². The summed E-state index contributed by atoms with van der Waals surface area (Å²) in [6, 6.07) is 10.0. The molecule has 0 aliphatic carbocycles. The summed E-state index contributed by atoms with van der Waals surface area (Å²) in [6.45, 7) is 1.96. The number of rotatable bonds is 5. The summed E-state index contributed by atoms with van der Waals surface area (Å²) >= 11 is 0. The summed E-state index contributed by atoms with van der Waals surface area (Å²) in [5.74, 6) is -1.74. The van der Waals surface area contributed by atoms with Crippen LogP contribution in [-0.2, 0) is 16.6 Å². The lowest BCUT2D eigenvalue weighted by Gasteiger charge is -2.24. The van der Waals surface area contributed by atoms with Crippen molar-refractivity contribution in [3.63, 3.8) is 0 Å². The lowest BCUT2D eigenvalue weighted by Crippen LogP contribution is -2.29. The van der Waals surface area contributed by atoms with E-state index in [0.29, 0.717) is 6.07 Å². The van der Waals surface area contributed by atoms with E-state index in [1.165, 1.54) is 7.05 Å². The van der Waals surface area contributed by atoms with Gasteiger partial charge in [0.1, 0.15) is 16.5 Å². The van der Waals surface area contributed by atoms with Crippen LogP contribution < -0.4 is 4.90 Å². The van der Waals surface area contributed by atoms with Crippen molar-refractivity contribution in [1.29, 1.82) is 0 Å². The Morgan fingerprint density at radius 1 is 1.08 bits per heavy atom. The molecule has 1 saturated heterocycles. The summed E-state index contributed by atoms with van der Waals surface area (Å²) in [4.78, 5) is 1.58. The Morgan fingerprint density at radius 3 is 2.48 bits per heavy atom. The molecule has 0 amide bonds. The van der Waals surface area contributed by atoms with Gasteiger partial charge in [-0.2, -0.15) is 4.31 Å². The molecule has 0 N–H and O–H groups in total. The minimum Gasteiger partial charge on any atom is -0.371 e. The third-order valence-electron chi connectivity index (χ3n) is 4.41. The van der Waals surface area contributed by atoms with Crippen LogP contribution in [0.3, 0.4) is 0 Å². The van der Waals surface area contributed by atoms with Crippen LogP contribution in [0.4, 0.5) is 14.5 Å². The zero-order chi connectivity index (χ0) is 18.0. The SMILES string of the molecule is CN(Cc1ccccc1N1CCCC1)S(=O)(=O)c1cc(F)ccc1F. The molecule has 134 valence electrons. The van der Waals surface area contributed by atoms with Crippen LogP contribution in [0.2, 0.25) is 0 Å². The van der Waals surface area contributed by atoms with Crippen molar-refractivity contribution in [2.75, 3.05) is 25.0 Å². The molecule has 25 heavy (non-hydrogen) atoms. The molecule has 1 fully saturated rings. The normalized spacial score (nSPS) is 15.1. The van der Waals surface area contributed by atoms with Gasteiger partial charge < -0.3 is 4.90 Å². The second-order valence-electron chi connectivity index (χ2n) is 6.16. The number of hydrogen-bond donors (Lipinski definition) is 0. The highest BCUT2D eigenvalue weighted by Gasteiger charge is 2.26. The van der Waals surface area contributed by atoms with Gasteiger partial charge in [0.15, 0.2) is 0 Å². The highest BCUT2D eigenvalue weighted by molar-refractivity contribution is 7.89. The standard InChI is InChI=1S/C18H20F2N2O2S/c1-21(25(23,24)18-12-15(19)8-9-16(18)20)13-14-6-2-3-7-17(14)22-10-4-5-11-22/h2-3,6-9,12H,4-5,10-11,13H2,1H3. The van der Waals surface area contributed by atoms with E-state index in [0.717, 1.165) is 53.6 Å². The average molecular weight is 366 g/mol. The van der Waals surface area contributed by atoms with E-state index in [-0.39, 0.29) is 6.54 Å². The smallest absolute Gasteiger partial charge is 0.246 e. The van der Waals surface area contributed by atoms with E-state index in [2.05, 4.69) is 4.90 Å². The van der Waals surface area contributed by atoms with Gasteiger partial charge in [0.2, 0.25) is 10.0 Å². The highest BCUT2D eigenvalue weighted by Crippen LogP contribution is 2.27. The van der Waals surface area contributed by atoms with Crippen LogP contribution >= 0.6 is 0 Å². The van der Waals surface area contributed by atoms with Gasteiger partial charge >= 0.3 is 0 Å². The number of hydrogen-bond acceptors (Lipinski definition) is 3. The monoisotopic (exact) mass is 366 g/mol. The quantitative estimate of drug-likeness (QED) is 0.814. The maximum Gasteiger partial charge on any atom is 0.246 e. The fourth-order valence-electron chi connectivity index (χ4n) is 3.08. The summed E-state index contributed by atoms with van der Waals surface area (Å²) < 4.78 is 53.6. The van der Waals surface area contributed by atoms with Crippen molar-refractivity contribution in [2.24, 2.45) is 0 Å². The lowest BCUT2D eigenvalue weighted by atomic mass is 10.1. The van der Waals surface area contributed by atoms with Crippen LogP contribution in [0.1, 0.15) is 18.4 Å². The molecule has 1 aliphatic rings. The van der Waals surface area contributed by atoms with E-state index in [9.17, 15) is 17.2 Å². The van der Waals surface area contributed by atoms with Crippen molar-refractivity contribution in [2.45, 2.75) is 24.3 Å². The van der Waals surface area contributed by atoms with Crippen LogP contribution in [-0.4, -0.2) is 32.9 Å². The Labute approximate surface area is 146 Å². The number of sulfonamides is 1. The molecule has 0 atom stereocenters. The topological polar surface area (TPSA) is 40.6 Å². The Bertz CT molecular complexity index is 865. The summed E-state index contributed by atoms with van der Waals surface area (Å²) in [5, 5.41) is 0. The van der Waals surface area contributed by atoms with E-state index in [1.807, 2.05) is 24.3 Å². The number of nitrogens with zero attached hydrogens (tertiary/aromatic N) is 2. The van der Waals surface area contributed by atoms with Gasteiger partial charge in [-0.1, -0.05) is 18.2 Å². The summed E-state index contributed by atoms with van der Waals surface area (Å²) in [5.41, 5.74) is 1.83. The van der Waals surface area contributed by atoms with Gasteiger partial charge in [-0.15, -0.1) is 0 Å². The minimum atomic E-state index is -4.13. The van der Waals surface area contributed by atoms with Crippen LogP contribution in [0.15, 0.2) is 47.4 Å². The van der Waals surface area contributed by atoms with Gasteiger partial charge in [-0.3, -0.25) is 0 Å². The first kappa shape index (κ1) is 17.8. The highest BCUT2D eigenvalue weighted by atomic mass is 32.2. The van der Waals surface area contributed by atoms with Crippen molar-refractivity contribution >= 4 is 15.7 Å². The first-order valence-electron chi connectivity index (χ1n) is 8.14. The maximum atomic E-state index is 13.9. The Kier molecular flexibility index (Phi) is 5.06. The Balaban J connectivity index is 1.89. The fourth-order valence-corrected chi connectivity index (χ4v) is 4.30. The molecule has 1 heterocycles. The largest absolute Gasteiger partial charge is 0.371 e. The Morgan fingerprint density at radius 2 is 1.76 bits per heavy atom. The molecule has 0 bridgehead atoms. The number of para-hydroxylation sites is 1. The minimum absolute atomic E-state index is 0.0883. The first-order chi connectivity index (χ1) is 11.9. The zero-order valence-corrected chi connectivity index (χ0v) is 14.8. The molecule has 0 unspecified atom stereocenters. The van der Waals surface area contributed by atoms with Crippen molar-refractivity contribution in [3.05, 3.63) is 59.7 Å². The van der Waals surface area contributed by atoms with E-state index >= 15 is 0 Å². The molecular formula is C18H20F2N2O2S. The average Bonchev–Trinajstić information content (AvgIpc) is 3.11. The number of benzene rings is 2. The second-order valence-corrected chi connectivity index (χ2v) is 8.17. The fraction of sp³-hybridized carbons (Fsp3) is 0.333. The molecule has 0 spiro atoms. The predicted molar refractivity (Wildman–Crippen MR) is 92.9 cm³/mol. The molecule has 3 rings (SSSR count). The maximum absolute atomic E-state index is 13.9. The Hall–Kier alpha value is -1.99. The number of halogens is 2. The molecule has 1 aliphatic heterocycles. The third kappa shape index (κ3) is 3.67. The molecule has 2 aromatic carbocycles. The van der Waals surface area contributed by atoms with Gasteiger partial charge in [0.05, 0.1) is 0 Å². The molecule has 2 aromatic rings. The third-order valence-corrected chi connectivity index (χ3v) is 6.23. The molecular weight excluding hydrogens is 346 g/mol. The predicted octanol–water partition coefficient (Wildman–Crippen LogP) is 3.39. The van der Waals surface area contributed by atoms with Crippen molar-refractivity contribution < 1.29 is 17.2 Å². The van der Waals surface area contributed by atoms with Gasteiger partial charge in [-0.05, 0) is 42.7 Å². The summed E-state index contributed by atoms with van der Waals surface area (Å²) in [7, 11) is -2.76. The molecule has 4 nitrogen and oxygen atoms in total. The molecule has 0 saturated carbocycles. The summed E-state index contributed by atoms with van der Waals surface area (Å²) in [6.07, 6.45) is 2.22. The van der Waals surface area contributed by atoms with E-state index in [1.54, 1.807) is 0 Å². The molecule has 0 radical (unpaired) electrons. The van der Waals surface area contributed by atoms with Crippen LogP contribution in [0.25, 0.3) is 0 Å². The van der Waals surface area contributed by atoms with Gasteiger partial charge in [-0.25, -0.2) is 17.2 Å². The second kappa shape index (κ2) is 7.09. The molecule has 0 aromatic heterocycles. The van der Waals surface area contributed by atoms with Gasteiger partial charge in [0, 0.05) is 32.4 Å². The van der Waals surface area contributed by atoms with Crippen LogP contribution in [0, 0.1) is 11.6 Å². The zero-order valence-electron chi connectivity index (χ0n) is 14.0. The number of anilines is 1.